The quantitative estimate of drug-likeness (QED) is 0.366. The first-order valence-corrected chi connectivity index (χ1v) is 9.48. The molecule has 3 rings (SSSR count). The summed E-state index contributed by atoms with van der Waals surface area (Å²) in [6, 6.07) is 12.5. The molecule has 1 saturated heterocycles. The SMILES string of the molecule is CN=C(NCc1ccc(Cl)s1)NC1CCN(c2ccccc2OC)C1.I. The van der Waals surface area contributed by atoms with Gasteiger partial charge in [0.25, 0.3) is 0 Å². The number of guanidine groups is 1. The van der Waals surface area contributed by atoms with Crippen LogP contribution in [0.4, 0.5) is 5.69 Å². The van der Waals surface area contributed by atoms with E-state index in [1.54, 1.807) is 25.5 Å². The Bertz CT molecular complexity index is 739. The van der Waals surface area contributed by atoms with Gasteiger partial charge in [-0.1, -0.05) is 23.7 Å². The van der Waals surface area contributed by atoms with Crippen LogP contribution in [0.3, 0.4) is 0 Å². The van der Waals surface area contributed by atoms with Gasteiger partial charge in [-0.05, 0) is 30.7 Å². The number of para-hydroxylation sites is 2. The summed E-state index contributed by atoms with van der Waals surface area (Å²) in [6.45, 7) is 2.64. The molecule has 1 atom stereocenters. The number of ether oxygens (including phenoxy) is 1. The molecule has 0 amide bonds. The van der Waals surface area contributed by atoms with Gasteiger partial charge in [-0.2, -0.15) is 0 Å². The third-order valence-corrected chi connectivity index (χ3v) is 5.47. The summed E-state index contributed by atoms with van der Waals surface area (Å²) in [7, 11) is 3.51. The molecule has 26 heavy (non-hydrogen) atoms. The minimum absolute atomic E-state index is 0. The van der Waals surface area contributed by atoms with E-state index in [-0.39, 0.29) is 24.0 Å². The van der Waals surface area contributed by atoms with Gasteiger partial charge in [-0.3, -0.25) is 4.99 Å². The standard InChI is InChI=1S/C18H23ClN4OS.HI/c1-20-18(21-11-14-7-8-17(19)25-14)22-13-9-10-23(12-13)15-5-3-4-6-16(15)24-2;/h3-8,13H,9-12H2,1-2H3,(H2,20,21,22);1H. The second-order valence-electron chi connectivity index (χ2n) is 5.88. The Kier molecular flexibility index (Phi) is 8.30. The van der Waals surface area contributed by atoms with E-state index in [9.17, 15) is 0 Å². The van der Waals surface area contributed by atoms with Crippen molar-refractivity contribution in [2.45, 2.75) is 19.0 Å². The molecular weight excluding hydrogens is 483 g/mol. The number of nitrogens with zero attached hydrogens (tertiary/aromatic N) is 2. The largest absolute Gasteiger partial charge is 0.495 e. The van der Waals surface area contributed by atoms with Crippen LogP contribution < -0.4 is 20.3 Å². The summed E-state index contributed by atoms with van der Waals surface area (Å²) >= 11 is 7.56. The Balaban J connectivity index is 0.00000243. The van der Waals surface area contributed by atoms with Gasteiger partial charge in [0.1, 0.15) is 5.75 Å². The first-order valence-electron chi connectivity index (χ1n) is 8.29. The Hall–Kier alpha value is -1.19. The van der Waals surface area contributed by atoms with Crippen LogP contribution in [0.5, 0.6) is 5.75 Å². The van der Waals surface area contributed by atoms with Crippen LogP contribution in [0.1, 0.15) is 11.3 Å². The van der Waals surface area contributed by atoms with Crippen molar-refractivity contribution in [3.63, 3.8) is 0 Å². The smallest absolute Gasteiger partial charge is 0.191 e. The molecule has 142 valence electrons. The molecule has 1 aromatic carbocycles. The summed E-state index contributed by atoms with van der Waals surface area (Å²) < 4.78 is 6.29. The molecule has 1 unspecified atom stereocenters. The molecule has 0 bridgehead atoms. The van der Waals surface area contributed by atoms with E-state index in [0.717, 1.165) is 47.8 Å². The molecule has 2 N–H and O–H groups in total. The van der Waals surface area contributed by atoms with Gasteiger partial charge in [-0.25, -0.2) is 0 Å². The number of hydrogen-bond acceptors (Lipinski definition) is 4. The predicted molar refractivity (Wildman–Crippen MR) is 122 cm³/mol. The van der Waals surface area contributed by atoms with Crippen LogP contribution >= 0.6 is 46.9 Å². The molecular formula is C18H24ClIN4OS. The molecule has 8 heteroatoms. The normalized spacial score (nSPS) is 17.0. The fourth-order valence-electron chi connectivity index (χ4n) is 2.99. The molecule has 2 heterocycles. The van der Waals surface area contributed by atoms with Crippen LogP contribution in [0.25, 0.3) is 0 Å². The number of rotatable bonds is 5. The second kappa shape index (κ2) is 10.2. The highest BCUT2D eigenvalue weighted by molar-refractivity contribution is 14.0. The van der Waals surface area contributed by atoms with Crippen molar-refractivity contribution in [1.82, 2.24) is 10.6 Å². The zero-order valence-electron chi connectivity index (χ0n) is 14.9. The highest BCUT2D eigenvalue weighted by Gasteiger charge is 2.25. The second-order valence-corrected chi connectivity index (χ2v) is 7.68. The fourth-order valence-corrected chi connectivity index (χ4v) is 4.02. The topological polar surface area (TPSA) is 48.9 Å². The molecule has 0 aliphatic carbocycles. The van der Waals surface area contributed by atoms with Crippen molar-refractivity contribution >= 4 is 58.6 Å². The van der Waals surface area contributed by atoms with Crippen LogP contribution in [0.2, 0.25) is 4.34 Å². The minimum atomic E-state index is 0. The summed E-state index contributed by atoms with van der Waals surface area (Å²) in [5.74, 6) is 1.73. The van der Waals surface area contributed by atoms with Crippen LogP contribution in [0.15, 0.2) is 41.4 Å². The average molecular weight is 507 g/mol. The number of methoxy groups -OCH3 is 1. The minimum Gasteiger partial charge on any atom is -0.495 e. The highest BCUT2D eigenvalue weighted by Crippen LogP contribution is 2.30. The van der Waals surface area contributed by atoms with Crippen molar-refractivity contribution < 1.29 is 4.74 Å². The monoisotopic (exact) mass is 506 g/mol. The van der Waals surface area contributed by atoms with Gasteiger partial charge in [0.2, 0.25) is 0 Å². The lowest BCUT2D eigenvalue weighted by Crippen LogP contribution is -2.44. The molecule has 1 fully saturated rings. The Morgan fingerprint density at radius 3 is 2.85 bits per heavy atom. The van der Waals surface area contributed by atoms with E-state index < -0.39 is 0 Å². The van der Waals surface area contributed by atoms with E-state index in [1.807, 2.05) is 30.3 Å². The fraction of sp³-hybridized carbons (Fsp3) is 0.389. The highest BCUT2D eigenvalue weighted by atomic mass is 127. The lowest BCUT2D eigenvalue weighted by molar-refractivity contribution is 0.415. The van der Waals surface area contributed by atoms with Crippen LogP contribution in [0, 0.1) is 0 Å². The molecule has 2 aromatic rings. The third kappa shape index (κ3) is 5.40. The zero-order valence-corrected chi connectivity index (χ0v) is 18.8. The molecule has 1 aliphatic rings. The van der Waals surface area contributed by atoms with Gasteiger partial charge < -0.3 is 20.3 Å². The maximum absolute atomic E-state index is 5.98. The number of aliphatic imine (C=N–C) groups is 1. The molecule has 0 radical (unpaired) electrons. The van der Waals surface area contributed by atoms with E-state index in [0.29, 0.717) is 6.04 Å². The van der Waals surface area contributed by atoms with E-state index in [4.69, 9.17) is 16.3 Å². The van der Waals surface area contributed by atoms with E-state index in [2.05, 4.69) is 26.6 Å². The number of anilines is 1. The molecule has 5 nitrogen and oxygen atoms in total. The maximum atomic E-state index is 5.98. The Morgan fingerprint density at radius 1 is 1.35 bits per heavy atom. The number of hydrogen-bond donors (Lipinski definition) is 2. The van der Waals surface area contributed by atoms with Gasteiger partial charge in [0.05, 0.1) is 23.7 Å². The first-order chi connectivity index (χ1) is 12.2. The summed E-state index contributed by atoms with van der Waals surface area (Å²) in [6.07, 6.45) is 1.06. The summed E-state index contributed by atoms with van der Waals surface area (Å²) in [5, 5.41) is 6.86. The first kappa shape index (κ1) is 21.1. The van der Waals surface area contributed by atoms with Crippen molar-refractivity contribution in [1.29, 1.82) is 0 Å². The summed E-state index contributed by atoms with van der Waals surface area (Å²) in [4.78, 5) is 7.87. The van der Waals surface area contributed by atoms with Gasteiger partial charge in [0.15, 0.2) is 5.96 Å². The molecule has 1 aromatic heterocycles. The lowest BCUT2D eigenvalue weighted by atomic mass is 10.2. The van der Waals surface area contributed by atoms with Crippen LogP contribution in [-0.2, 0) is 6.54 Å². The molecule has 0 saturated carbocycles. The molecule has 0 spiro atoms. The predicted octanol–water partition coefficient (Wildman–Crippen LogP) is 3.97. The van der Waals surface area contributed by atoms with E-state index >= 15 is 0 Å². The summed E-state index contributed by atoms with van der Waals surface area (Å²) in [5.41, 5.74) is 1.14. The maximum Gasteiger partial charge on any atom is 0.191 e. The zero-order chi connectivity index (χ0) is 17.6. The number of halogens is 2. The number of benzene rings is 1. The Labute approximate surface area is 180 Å². The van der Waals surface area contributed by atoms with Gasteiger partial charge in [0, 0.05) is 31.1 Å². The number of nitrogens with one attached hydrogen (secondary N) is 2. The molecule has 1 aliphatic heterocycles. The van der Waals surface area contributed by atoms with Crippen molar-refractivity contribution in [2.24, 2.45) is 4.99 Å². The van der Waals surface area contributed by atoms with Crippen molar-refractivity contribution in [2.75, 3.05) is 32.1 Å². The van der Waals surface area contributed by atoms with Gasteiger partial charge in [-0.15, -0.1) is 35.3 Å². The lowest BCUT2D eigenvalue weighted by Gasteiger charge is -2.22. The number of thiophene rings is 1. The van der Waals surface area contributed by atoms with Crippen molar-refractivity contribution in [3.05, 3.63) is 45.6 Å². The van der Waals surface area contributed by atoms with Crippen LogP contribution in [-0.4, -0.2) is 39.2 Å². The van der Waals surface area contributed by atoms with E-state index in [1.165, 1.54) is 4.88 Å². The van der Waals surface area contributed by atoms with Gasteiger partial charge >= 0.3 is 0 Å². The third-order valence-electron chi connectivity index (χ3n) is 4.24. The average Bonchev–Trinajstić information content (AvgIpc) is 3.27. The van der Waals surface area contributed by atoms with Crippen molar-refractivity contribution in [3.8, 4) is 5.75 Å². The Morgan fingerprint density at radius 2 is 2.15 bits per heavy atom.